The van der Waals surface area contributed by atoms with Gasteiger partial charge in [-0.3, -0.25) is 0 Å². The number of nitrogens with zero attached hydrogens (tertiary/aromatic N) is 2. The van der Waals surface area contributed by atoms with Crippen molar-refractivity contribution in [1.29, 1.82) is 0 Å². The van der Waals surface area contributed by atoms with Gasteiger partial charge in [0.2, 0.25) is 0 Å². The molecule has 1 rings (SSSR count). The summed E-state index contributed by atoms with van der Waals surface area (Å²) in [5.74, 6) is 0. The molecular weight excluding hydrogens is 342 g/mol. The first-order valence-electron chi connectivity index (χ1n) is 6.57. The summed E-state index contributed by atoms with van der Waals surface area (Å²) in [5, 5.41) is 7.01. The molecule has 0 unspecified atom stereocenters. The first kappa shape index (κ1) is 29.1. The number of hydrogen-bond donors (Lipinski definition) is 2. The molecule has 0 radical (unpaired) electrons. The van der Waals surface area contributed by atoms with Crippen LogP contribution in [-0.4, -0.2) is 76.3 Å². The summed E-state index contributed by atoms with van der Waals surface area (Å²) >= 11 is 0. The SMILES string of the molecule is CN1CCCNCCN(C)CCCNCC1.Cl.Cl.Cl.Cl. The van der Waals surface area contributed by atoms with Crippen LogP contribution < -0.4 is 10.6 Å². The zero-order chi connectivity index (χ0) is 11.6. The third-order valence-corrected chi connectivity index (χ3v) is 3.13. The molecule has 8 heteroatoms. The van der Waals surface area contributed by atoms with Crippen molar-refractivity contribution in [2.45, 2.75) is 12.8 Å². The van der Waals surface area contributed by atoms with E-state index in [1.54, 1.807) is 0 Å². The first-order chi connectivity index (χ1) is 7.79. The van der Waals surface area contributed by atoms with E-state index in [1.807, 2.05) is 0 Å². The predicted molar refractivity (Wildman–Crippen MR) is 99.0 cm³/mol. The molecule has 0 amide bonds. The van der Waals surface area contributed by atoms with E-state index in [2.05, 4.69) is 34.5 Å². The zero-order valence-electron chi connectivity index (χ0n) is 12.6. The molecule has 2 N–H and O–H groups in total. The van der Waals surface area contributed by atoms with Gasteiger partial charge in [-0.15, -0.1) is 49.6 Å². The van der Waals surface area contributed by atoms with Crippen LogP contribution in [0.5, 0.6) is 0 Å². The van der Waals surface area contributed by atoms with Crippen LogP contribution >= 0.6 is 49.6 Å². The molecule has 0 aromatic heterocycles. The Labute approximate surface area is 149 Å². The third kappa shape index (κ3) is 17.1. The van der Waals surface area contributed by atoms with Crippen molar-refractivity contribution in [3.63, 3.8) is 0 Å². The van der Waals surface area contributed by atoms with Crippen molar-refractivity contribution >= 4 is 49.6 Å². The third-order valence-electron chi connectivity index (χ3n) is 3.13. The lowest BCUT2D eigenvalue weighted by molar-refractivity contribution is 0.299. The van der Waals surface area contributed by atoms with Gasteiger partial charge in [-0.2, -0.15) is 0 Å². The van der Waals surface area contributed by atoms with Gasteiger partial charge in [-0.05, 0) is 53.1 Å². The molecule has 1 saturated heterocycles. The van der Waals surface area contributed by atoms with Gasteiger partial charge in [-0.25, -0.2) is 0 Å². The Morgan fingerprint density at radius 1 is 0.550 bits per heavy atom. The summed E-state index contributed by atoms with van der Waals surface area (Å²) in [6.07, 6.45) is 2.50. The van der Waals surface area contributed by atoms with E-state index in [1.165, 1.54) is 25.9 Å². The highest BCUT2D eigenvalue weighted by Crippen LogP contribution is 1.89. The monoisotopic (exact) mass is 372 g/mol. The lowest BCUT2D eigenvalue weighted by Crippen LogP contribution is -2.35. The van der Waals surface area contributed by atoms with Crippen LogP contribution in [0.15, 0.2) is 0 Å². The highest BCUT2D eigenvalue weighted by Gasteiger charge is 2.01. The Hall–Kier alpha value is 1.00. The number of rotatable bonds is 0. The molecule has 1 fully saturated rings. The lowest BCUT2D eigenvalue weighted by Gasteiger charge is -2.20. The van der Waals surface area contributed by atoms with Gasteiger partial charge in [0.25, 0.3) is 0 Å². The van der Waals surface area contributed by atoms with E-state index in [0.29, 0.717) is 0 Å². The normalized spacial score (nSPS) is 20.1. The van der Waals surface area contributed by atoms with Gasteiger partial charge in [0.1, 0.15) is 0 Å². The van der Waals surface area contributed by atoms with Gasteiger partial charge < -0.3 is 20.4 Å². The van der Waals surface area contributed by atoms with Crippen molar-refractivity contribution in [2.75, 3.05) is 66.5 Å². The fraction of sp³-hybridized carbons (Fsp3) is 1.00. The van der Waals surface area contributed by atoms with Gasteiger partial charge in [0.15, 0.2) is 0 Å². The topological polar surface area (TPSA) is 30.5 Å². The minimum atomic E-state index is 0. The standard InChI is InChI=1S/C12H28N4.4ClH/c1-15-9-3-5-14-8-12-16(2)10-4-6-13-7-11-15;;;;/h13-14H,3-12H2,1-2H3;4*1H. The first-order valence-corrected chi connectivity index (χ1v) is 6.57. The number of likely N-dealkylation sites (N-methyl/N-ethyl adjacent to an activating group) is 2. The van der Waals surface area contributed by atoms with Crippen molar-refractivity contribution < 1.29 is 0 Å². The molecule has 0 bridgehead atoms. The zero-order valence-corrected chi connectivity index (χ0v) is 15.9. The molecule has 4 nitrogen and oxygen atoms in total. The molecule has 0 atom stereocenters. The average Bonchev–Trinajstić information content (AvgIpc) is 2.27. The molecule has 0 aromatic carbocycles. The molecule has 128 valence electrons. The van der Waals surface area contributed by atoms with Crippen LogP contribution in [0.25, 0.3) is 0 Å². The van der Waals surface area contributed by atoms with Crippen molar-refractivity contribution in [3.05, 3.63) is 0 Å². The van der Waals surface area contributed by atoms with Gasteiger partial charge in [-0.1, -0.05) is 0 Å². The molecule has 0 aliphatic carbocycles. The number of halogens is 4. The summed E-state index contributed by atoms with van der Waals surface area (Å²) in [7, 11) is 4.42. The van der Waals surface area contributed by atoms with Crippen molar-refractivity contribution in [2.24, 2.45) is 0 Å². The maximum atomic E-state index is 3.51. The quantitative estimate of drug-likeness (QED) is 0.673. The number of nitrogens with one attached hydrogen (secondary N) is 2. The van der Waals surface area contributed by atoms with E-state index in [0.717, 1.165) is 39.3 Å². The second-order valence-electron chi connectivity index (χ2n) is 4.81. The molecule has 0 saturated carbocycles. The van der Waals surface area contributed by atoms with Crippen molar-refractivity contribution in [3.8, 4) is 0 Å². The van der Waals surface area contributed by atoms with Crippen LogP contribution in [-0.2, 0) is 0 Å². The maximum absolute atomic E-state index is 3.51. The number of hydrogen-bond acceptors (Lipinski definition) is 4. The summed E-state index contributed by atoms with van der Waals surface area (Å²) < 4.78 is 0. The fourth-order valence-electron chi connectivity index (χ4n) is 1.96. The van der Waals surface area contributed by atoms with E-state index in [-0.39, 0.29) is 49.6 Å². The highest BCUT2D eigenvalue weighted by atomic mass is 35.5. The maximum Gasteiger partial charge on any atom is 0.0104 e. The van der Waals surface area contributed by atoms with Gasteiger partial charge in [0.05, 0.1) is 0 Å². The van der Waals surface area contributed by atoms with Crippen LogP contribution in [0.2, 0.25) is 0 Å². The second kappa shape index (κ2) is 20.0. The van der Waals surface area contributed by atoms with E-state index in [4.69, 9.17) is 0 Å². The Morgan fingerprint density at radius 2 is 0.900 bits per heavy atom. The van der Waals surface area contributed by atoms with E-state index < -0.39 is 0 Å². The smallest absolute Gasteiger partial charge is 0.0104 e. The van der Waals surface area contributed by atoms with Crippen molar-refractivity contribution in [1.82, 2.24) is 20.4 Å². The Kier molecular flexibility index (Phi) is 29.1. The van der Waals surface area contributed by atoms with E-state index in [9.17, 15) is 0 Å². The van der Waals surface area contributed by atoms with Gasteiger partial charge in [0, 0.05) is 26.2 Å². The highest BCUT2D eigenvalue weighted by molar-refractivity contribution is 5.86. The molecule has 1 aliphatic heterocycles. The molecule has 0 aromatic rings. The largest absolute Gasteiger partial charge is 0.315 e. The minimum absolute atomic E-state index is 0. The van der Waals surface area contributed by atoms with Crippen LogP contribution in [0.4, 0.5) is 0 Å². The molecular formula is C12H32Cl4N4. The Bertz CT molecular complexity index is 144. The van der Waals surface area contributed by atoms with Gasteiger partial charge >= 0.3 is 0 Å². The molecule has 20 heavy (non-hydrogen) atoms. The summed E-state index contributed by atoms with van der Waals surface area (Å²) in [6, 6.07) is 0. The second-order valence-corrected chi connectivity index (χ2v) is 4.81. The van der Waals surface area contributed by atoms with Crippen LogP contribution in [0, 0.1) is 0 Å². The predicted octanol–water partition coefficient (Wildman–Crippen LogP) is 1.51. The Morgan fingerprint density at radius 3 is 1.25 bits per heavy atom. The van der Waals surface area contributed by atoms with Crippen LogP contribution in [0.1, 0.15) is 12.8 Å². The molecule has 1 heterocycles. The summed E-state index contributed by atoms with van der Waals surface area (Å²) in [6.45, 7) is 9.25. The van der Waals surface area contributed by atoms with E-state index >= 15 is 0 Å². The molecule has 1 aliphatic rings. The summed E-state index contributed by atoms with van der Waals surface area (Å²) in [5.41, 5.74) is 0. The fourth-order valence-corrected chi connectivity index (χ4v) is 1.96. The van der Waals surface area contributed by atoms with Crippen LogP contribution in [0.3, 0.4) is 0 Å². The minimum Gasteiger partial charge on any atom is -0.315 e. The lowest BCUT2D eigenvalue weighted by atomic mass is 10.3. The Balaban J connectivity index is -0.000000320. The average molecular weight is 374 g/mol. The summed E-state index contributed by atoms with van der Waals surface area (Å²) in [4.78, 5) is 4.82. The molecule has 0 spiro atoms.